The quantitative estimate of drug-likeness (QED) is 0.551. The van der Waals surface area contributed by atoms with Crippen molar-refractivity contribution >= 4 is 18.6 Å². The molecule has 0 N–H and O–H groups in total. The summed E-state index contributed by atoms with van der Waals surface area (Å²) in [5.74, 6) is 0. The van der Waals surface area contributed by atoms with Crippen molar-refractivity contribution < 1.29 is 2.85 Å². The van der Waals surface area contributed by atoms with Gasteiger partial charge in [-0.25, -0.2) is 0 Å². The molecule has 0 atom stereocenters. The maximum Gasteiger partial charge on any atom is -1.00 e. The molecule has 1 aromatic rings. The Balaban J connectivity index is 0. The van der Waals surface area contributed by atoms with Gasteiger partial charge in [0.2, 0.25) is 0 Å². The zero-order valence-electron chi connectivity index (χ0n) is 6.67. The standard InChI is InChI=1S/C7H7.Ga.2H/c1-7-5-3-2-4-6-7;;;/h2-6H,1H2;;;/q;+2;2*-1. The van der Waals surface area contributed by atoms with Crippen molar-refractivity contribution in [2.75, 3.05) is 0 Å². The van der Waals surface area contributed by atoms with Crippen molar-refractivity contribution in [3.63, 3.8) is 0 Å². The molecule has 1 heteroatoms. The summed E-state index contributed by atoms with van der Waals surface area (Å²) in [6.45, 7) is 0. The van der Waals surface area contributed by atoms with E-state index in [1.165, 1.54) is 10.5 Å². The molecule has 0 aromatic heterocycles. The fourth-order valence-corrected chi connectivity index (χ4v) is 1.19. The Labute approximate surface area is 62.8 Å². The Bertz CT molecular complexity index is 153. The fourth-order valence-electron chi connectivity index (χ4n) is 0.614. The minimum Gasteiger partial charge on any atom is -1.00 e. The van der Waals surface area contributed by atoms with Crippen molar-refractivity contribution in [2.24, 2.45) is 0 Å². The van der Waals surface area contributed by atoms with Crippen LogP contribution in [0.3, 0.4) is 0 Å². The smallest absolute Gasteiger partial charge is 1.00 e. The first-order chi connectivity index (χ1) is 3.93. The minimum atomic E-state index is 0. The predicted molar refractivity (Wildman–Crippen MR) is 38.1 cm³/mol. The van der Waals surface area contributed by atoms with E-state index in [0.717, 1.165) is 0 Å². The number of rotatable bonds is 1. The molecule has 0 saturated carbocycles. The molecule has 40 valence electrons. The Morgan fingerprint density at radius 2 is 1.88 bits per heavy atom. The molecule has 0 aliphatic rings. The normalized spacial score (nSPS) is 9.25. The van der Waals surface area contributed by atoms with Gasteiger partial charge < -0.3 is 2.85 Å². The molecule has 0 aliphatic carbocycles. The van der Waals surface area contributed by atoms with Crippen molar-refractivity contribution in [3.8, 4) is 0 Å². The molecule has 1 rings (SSSR count). The van der Waals surface area contributed by atoms with Crippen LogP contribution >= 0.6 is 0 Å². The van der Waals surface area contributed by atoms with Crippen LogP contribution in [0.5, 0.6) is 0 Å². The number of benzene rings is 1. The molecule has 0 radical (unpaired) electrons. The van der Waals surface area contributed by atoms with Gasteiger partial charge in [0.15, 0.2) is 0 Å². The van der Waals surface area contributed by atoms with E-state index in [0.29, 0.717) is 0 Å². The first-order valence-corrected chi connectivity index (χ1v) is 4.39. The van der Waals surface area contributed by atoms with Crippen LogP contribution in [0, 0.1) is 0 Å². The third kappa shape index (κ3) is 1.42. The van der Waals surface area contributed by atoms with Gasteiger partial charge in [-0.05, 0) is 0 Å². The molecule has 0 bridgehead atoms. The summed E-state index contributed by atoms with van der Waals surface area (Å²) < 4.78 is 0. The van der Waals surface area contributed by atoms with Gasteiger partial charge in [-0.2, -0.15) is 0 Å². The van der Waals surface area contributed by atoms with E-state index in [1.807, 2.05) is 6.07 Å². The van der Waals surface area contributed by atoms with E-state index in [4.69, 9.17) is 0 Å². The second-order valence-corrected chi connectivity index (χ2v) is 2.55. The second kappa shape index (κ2) is 3.00. The van der Waals surface area contributed by atoms with Crippen LogP contribution in [0.15, 0.2) is 30.3 Å². The van der Waals surface area contributed by atoms with Gasteiger partial charge in [0, 0.05) is 0 Å². The topological polar surface area (TPSA) is 0 Å². The zero-order chi connectivity index (χ0) is 5.82. The van der Waals surface area contributed by atoms with Gasteiger partial charge >= 0.3 is 59.5 Å². The second-order valence-electron chi connectivity index (χ2n) is 1.69. The Kier molecular flexibility index (Phi) is 2.24. The van der Waals surface area contributed by atoms with E-state index in [9.17, 15) is 0 Å². The average molecular weight is 163 g/mol. The van der Waals surface area contributed by atoms with Crippen molar-refractivity contribution in [3.05, 3.63) is 35.9 Å². The van der Waals surface area contributed by atoms with Crippen molar-refractivity contribution in [2.45, 2.75) is 4.98 Å². The van der Waals surface area contributed by atoms with Gasteiger partial charge in [-0.1, -0.05) is 0 Å². The Morgan fingerprint density at radius 3 is 2.25 bits per heavy atom. The summed E-state index contributed by atoms with van der Waals surface area (Å²) in [6, 6.07) is 10.5. The van der Waals surface area contributed by atoms with Crippen molar-refractivity contribution in [1.82, 2.24) is 0 Å². The molecule has 0 fully saturated rings. The fraction of sp³-hybridized carbons (Fsp3) is 0.143. The van der Waals surface area contributed by atoms with E-state index >= 15 is 0 Å². The average Bonchev–Trinajstić information content (AvgIpc) is 1.90. The van der Waals surface area contributed by atoms with Crippen LogP contribution < -0.4 is 0 Å². The summed E-state index contributed by atoms with van der Waals surface area (Å²) in [7, 11) is 0. The largest absolute Gasteiger partial charge is 1.00 e. The van der Waals surface area contributed by atoms with Gasteiger partial charge in [0.25, 0.3) is 0 Å². The Morgan fingerprint density at radius 1 is 1.25 bits per heavy atom. The van der Waals surface area contributed by atoms with E-state index < -0.39 is 0 Å². The SMILES string of the molecule is [Ga+2][CH2]c1ccccc1.[H-].[H-]. The molecule has 0 spiro atoms. The Hall–Kier alpha value is -0.144. The van der Waals surface area contributed by atoms with Crippen molar-refractivity contribution in [1.29, 1.82) is 0 Å². The molecule has 0 amide bonds. The third-order valence-electron chi connectivity index (χ3n) is 1.08. The molecule has 0 saturated heterocycles. The molecular formula is C7H9Ga. The maximum absolute atomic E-state index is 2.15. The molecule has 0 aliphatic heterocycles. The zero-order valence-corrected chi connectivity index (χ0v) is 7.09. The first kappa shape index (κ1) is 5.98. The molecule has 8 heavy (non-hydrogen) atoms. The van der Waals surface area contributed by atoms with Crippen LogP contribution in [0.1, 0.15) is 8.42 Å². The molecule has 0 nitrogen and oxygen atoms in total. The van der Waals surface area contributed by atoms with Crippen LogP contribution in [-0.4, -0.2) is 18.6 Å². The van der Waals surface area contributed by atoms with E-state index in [1.54, 1.807) is 18.6 Å². The monoisotopic (exact) mass is 162 g/mol. The first-order valence-electron chi connectivity index (χ1n) is 2.67. The van der Waals surface area contributed by atoms with Gasteiger partial charge in [0.05, 0.1) is 0 Å². The van der Waals surface area contributed by atoms with Crippen LogP contribution in [0.25, 0.3) is 0 Å². The number of hydrogen-bond donors (Lipinski definition) is 0. The number of hydrogen-bond acceptors (Lipinski definition) is 0. The van der Waals surface area contributed by atoms with Gasteiger partial charge in [-0.3, -0.25) is 0 Å². The molecular weight excluding hydrogens is 154 g/mol. The van der Waals surface area contributed by atoms with Gasteiger partial charge in [0.1, 0.15) is 0 Å². The molecule has 1 aromatic carbocycles. The van der Waals surface area contributed by atoms with Gasteiger partial charge in [-0.15, -0.1) is 0 Å². The molecule has 0 unspecified atom stereocenters. The minimum absolute atomic E-state index is 0. The summed E-state index contributed by atoms with van der Waals surface area (Å²) >= 11 is 1.76. The summed E-state index contributed by atoms with van der Waals surface area (Å²) in [5, 5.41) is 0. The van der Waals surface area contributed by atoms with E-state index in [-0.39, 0.29) is 2.85 Å². The van der Waals surface area contributed by atoms with Crippen LogP contribution in [0.4, 0.5) is 0 Å². The van der Waals surface area contributed by atoms with Crippen LogP contribution in [-0.2, 0) is 4.98 Å². The van der Waals surface area contributed by atoms with Crippen LogP contribution in [0.2, 0.25) is 0 Å². The maximum atomic E-state index is 2.15. The summed E-state index contributed by atoms with van der Waals surface area (Å²) in [5.41, 5.74) is 1.44. The summed E-state index contributed by atoms with van der Waals surface area (Å²) in [4.78, 5) is 1.20. The summed E-state index contributed by atoms with van der Waals surface area (Å²) in [6.07, 6.45) is 0. The third-order valence-corrected chi connectivity index (χ3v) is 2.07. The molecule has 0 heterocycles. The predicted octanol–water partition coefficient (Wildman–Crippen LogP) is 1.58. The van der Waals surface area contributed by atoms with E-state index in [2.05, 4.69) is 24.3 Å².